The van der Waals surface area contributed by atoms with Gasteiger partial charge in [-0.15, -0.1) is 0 Å². The third kappa shape index (κ3) is 3.72. The average Bonchev–Trinajstić information content (AvgIpc) is 2.73. The molecule has 0 atom stereocenters. The summed E-state index contributed by atoms with van der Waals surface area (Å²) >= 11 is 0. The van der Waals surface area contributed by atoms with Crippen LogP contribution >= 0.6 is 0 Å². The van der Waals surface area contributed by atoms with Gasteiger partial charge < -0.3 is 20.9 Å². The minimum absolute atomic E-state index is 0.0310. The molecule has 0 bridgehead atoms. The molecule has 0 spiro atoms. The standard InChI is InChI=1S/C20H18N4O3/c1-27-15-9-7-13(8-10-15)17-12-11-16(21)19(22-17)20(24-26)18(23-25)14-5-3-2-4-6-14/h2-12,25-26H,21H2,1H3/b23-18+,24-20+. The predicted octanol–water partition coefficient (Wildman–Crippen LogP) is 3.40. The van der Waals surface area contributed by atoms with Crippen molar-refractivity contribution in [3.63, 3.8) is 0 Å². The number of hydrogen-bond donors (Lipinski definition) is 3. The number of pyridine rings is 1. The van der Waals surface area contributed by atoms with Crippen LogP contribution in [0.1, 0.15) is 11.3 Å². The molecular formula is C20H18N4O3. The molecule has 0 amide bonds. The maximum absolute atomic E-state index is 9.58. The average molecular weight is 362 g/mol. The quantitative estimate of drug-likeness (QED) is 0.366. The van der Waals surface area contributed by atoms with E-state index >= 15 is 0 Å². The van der Waals surface area contributed by atoms with Gasteiger partial charge in [0.05, 0.1) is 18.5 Å². The number of aromatic nitrogens is 1. The summed E-state index contributed by atoms with van der Waals surface area (Å²) in [4.78, 5) is 4.52. The summed E-state index contributed by atoms with van der Waals surface area (Å²) in [5.41, 5.74) is 8.59. The molecule has 0 aliphatic carbocycles. The highest BCUT2D eigenvalue weighted by Gasteiger charge is 2.20. The normalized spacial score (nSPS) is 12.0. The largest absolute Gasteiger partial charge is 0.497 e. The summed E-state index contributed by atoms with van der Waals surface area (Å²) in [7, 11) is 1.60. The van der Waals surface area contributed by atoms with Gasteiger partial charge in [-0.1, -0.05) is 40.6 Å². The second-order valence-corrected chi connectivity index (χ2v) is 5.63. The minimum Gasteiger partial charge on any atom is -0.497 e. The highest BCUT2D eigenvalue weighted by atomic mass is 16.5. The van der Waals surface area contributed by atoms with Gasteiger partial charge >= 0.3 is 0 Å². The van der Waals surface area contributed by atoms with Crippen molar-refractivity contribution in [3.8, 4) is 17.0 Å². The number of rotatable bonds is 5. The monoisotopic (exact) mass is 362 g/mol. The molecular weight excluding hydrogens is 344 g/mol. The fourth-order valence-corrected chi connectivity index (χ4v) is 2.63. The van der Waals surface area contributed by atoms with Crippen molar-refractivity contribution in [1.82, 2.24) is 4.98 Å². The van der Waals surface area contributed by atoms with E-state index in [1.165, 1.54) is 0 Å². The maximum Gasteiger partial charge on any atom is 0.159 e. The van der Waals surface area contributed by atoms with Crippen molar-refractivity contribution in [2.75, 3.05) is 12.8 Å². The number of nitrogens with zero attached hydrogens (tertiary/aromatic N) is 3. The van der Waals surface area contributed by atoms with Gasteiger partial charge in [-0.05, 0) is 36.4 Å². The van der Waals surface area contributed by atoms with E-state index in [0.29, 0.717) is 11.3 Å². The first-order chi connectivity index (χ1) is 13.2. The van der Waals surface area contributed by atoms with Crippen molar-refractivity contribution >= 4 is 17.1 Å². The highest BCUT2D eigenvalue weighted by Crippen LogP contribution is 2.24. The molecule has 4 N–H and O–H groups in total. The Labute approximate surface area is 156 Å². The Bertz CT molecular complexity index is 984. The lowest BCUT2D eigenvalue weighted by Gasteiger charge is -2.11. The number of anilines is 1. The lowest BCUT2D eigenvalue weighted by Crippen LogP contribution is -2.20. The minimum atomic E-state index is -0.0310. The zero-order chi connectivity index (χ0) is 19.2. The molecule has 7 heteroatoms. The van der Waals surface area contributed by atoms with Crippen LogP contribution in [-0.2, 0) is 0 Å². The fourth-order valence-electron chi connectivity index (χ4n) is 2.63. The van der Waals surface area contributed by atoms with Crippen LogP contribution in [0.15, 0.2) is 77.0 Å². The smallest absolute Gasteiger partial charge is 0.159 e. The van der Waals surface area contributed by atoms with Crippen LogP contribution < -0.4 is 10.5 Å². The van der Waals surface area contributed by atoms with Gasteiger partial charge in [0.25, 0.3) is 0 Å². The van der Waals surface area contributed by atoms with E-state index in [4.69, 9.17) is 10.5 Å². The van der Waals surface area contributed by atoms with Gasteiger partial charge in [-0.25, -0.2) is 4.98 Å². The summed E-state index contributed by atoms with van der Waals surface area (Å²) in [5, 5.41) is 25.6. The topological polar surface area (TPSA) is 113 Å². The highest BCUT2D eigenvalue weighted by molar-refractivity contribution is 6.53. The van der Waals surface area contributed by atoms with Crippen LogP contribution in [0.4, 0.5) is 5.69 Å². The van der Waals surface area contributed by atoms with Gasteiger partial charge in [0.15, 0.2) is 5.71 Å². The first-order valence-electron chi connectivity index (χ1n) is 8.09. The van der Waals surface area contributed by atoms with E-state index in [9.17, 15) is 10.4 Å². The Balaban J connectivity index is 2.06. The number of benzene rings is 2. The maximum atomic E-state index is 9.58. The summed E-state index contributed by atoms with van der Waals surface area (Å²) in [5.74, 6) is 0.728. The van der Waals surface area contributed by atoms with E-state index in [-0.39, 0.29) is 22.8 Å². The molecule has 3 aromatic rings. The molecule has 7 nitrogen and oxygen atoms in total. The number of nitrogens with two attached hydrogens (primary N) is 1. The Morgan fingerprint density at radius 2 is 1.56 bits per heavy atom. The SMILES string of the molecule is COc1ccc(-c2ccc(N)c(C(=N/O)/C(=N/O)c3ccccc3)n2)cc1. The first-order valence-corrected chi connectivity index (χ1v) is 8.09. The van der Waals surface area contributed by atoms with Gasteiger partial charge in [-0.3, -0.25) is 0 Å². The van der Waals surface area contributed by atoms with Crippen LogP contribution in [0.3, 0.4) is 0 Å². The molecule has 1 heterocycles. The van der Waals surface area contributed by atoms with Gasteiger partial charge in [0, 0.05) is 11.1 Å². The first kappa shape index (κ1) is 17.9. The molecule has 1 aromatic heterocycles. The molecule has 0 unspecified atom stereocenters. The molecule has 0 saturated carbocycles. The van der Waals surface area contributed by atoms with Crippen LogP contribution in [-0.4, -0.2) is 33.9 Å². The number of hydrogen-bond acceptors (Lipinski definition) is 7. The second-order valence-electron chi connectivity index (χ2n) is 5.63. The molecule has 27 heavy (non-hydrogen) atoms. The van der Waals surface area contributed by atoms with Crippen molar-refractivity contribution in [3.05, 3.63) is 78.0 Å². The van der Waals surface area contributed by atoms with E-state index in [0.717, 1.165) is 11.3 Å². The molecule has 136 valence electrons. The van der Waals surface area contributed by atoms with Crippen molar-refractivity contribution in [1.29, 1.82) is 0 Å². The van der Waals surface area contributed by atoms with Crippen LogP contribution in [0, 0.1) is 0 Å². The van der Waals surface area contributed by atoms with E-state index in [1.54, 1.807) is 43.5 Å². The van der Waals surface area contributed by atoms with Gasteiger partial charge in [0.2, 0.25) is 0 Å². The summed E-state index contributed by atoms with van der Waals surface area (Å²) in [6, 6.07) is 19.6. The predicted molar refractivity (Wildman–Crippen MR) is 104 cm³/mol. The number of nitrogen functional groups attached to an aromatic ring is 1. The van der Waals surface area contributed by atoms with E-state index in [1.807, 2.05) is 30.3 Å². The Morgan fingerprint density at radius 3 is 2.15 bits per heavy atom. The zero-order valence-electron chi connectivity index (χ0n) is 14.6. The molecule has 0 aliphatic rings. The van der Waals surface area contributed by atoms with Crippen LogP contribution in [0.2, 0.25) is 0 Å². The number of ether oxygens (including phenoxy) is 1. The van der Waals surface area contributed by atoms with Gasteiger partial charge in [0.1, 0.15) is 17.2 Å². The van der Waals surface area contributed by atoms with Gasteiger partial charge in [-0.2, -0.15) is 0 Å². The summed E-state index contributed by atoms with van der Waals surface area (Å²) < 4.78 is 5.16. The Hall–Kier alpha value is -3.87. The zero-order valence-corrected chi connectivity index (χ0v) is 14.6. The van der Waals surface area contributed by atoms with E-state index < -0.39 is 0 Å². The molecule has 3 rings (SSSR count). The molecule has 0 fully saturated rings. The third-order valence-corrected chi connectivity index (χ3v) is 4.01. The molecule has 0 radical (unpaired) electrons. The molecule has 0 aliphatic heterocycles. The molecule has 0 saturated heterocycles. The van der Waals surface area contributed by atoms with Crippen LogP contribution in [0.25, 0.3) is 11.3 Å². The van der Waals surface area contributed by atoms with Crippen LogP contribution in [0.5, 0.6) is 5.75 Å². The lowest BCUT2D eigenvalue weighted by atomic mass is 10.0. The lowest BCUT2D eigenvalue weighted by molar-refractivity contribution is 0.314. The summed E-state index contributed by atoms with van der Waals surface area (Å²) in [6.45, 7) is 0. The van der Waals surface area contributed by atoms with Crippen molar-refractivity contribution < 1.29 is 15.2 Å². The Kier molecular flexibility index (Phi) is 5.32. The number of oxime groups is 2. The van der Waals surface area contributed by atoms with Crippen molar-refractivity contribution in [2.45, 2.75) is 0 Å². The molecule has 2 aromatic carbocycles. The van der Waals surface area contributed by atoms with Crippen molar-refractivity contribution in [2.24, 2.45) is 10.3 Å². The number of methoxy groups -OCH3 is 1. The second kappa shape index (κ2) is 8.01. The van der Waals surface area contributed by atoms with E-state index in [2.05, 4.69) is 15.3 Å². The summed E-state index contributed by atoms with van der Waals surface area (Å²) in [6.07, 6.45) is 0. The third-order valence-electron chi connectivity index (χ3n) is 4.01. The fraction of sp³-hybridized carbons (Fsp3) is 0.0500. The Morgan fingerprint density at radius 1 is 0.889 bits per heavy atom.